The minimum atomic E-state index is -0.554. The minimum Gasteiger partial charge on any atom is -0.444 e. The largest absolute Gasteiger partial charge is 0.444 e. The third-order valence-corrected chi connectivity index (χ3v) is 5.68. The van der Waals surface area contributed by atoms with Gasteiger partial charge in [0, 0.05) is 36.8 Å². The first-order valence-corrected chi connectivity index (χ1v) is 10.9. The third-order valence-electron chi connectivity index (χ3n) is 5.25. The van der Waals surface area contributed by atoms with E-state index in [2.05, 4.69) is 15.3 Å². The highest BCUT2D eigenvalue weighted by molar-refractivity contribution is 7.92. The Bertz CT molecular complexity index is 969. The van der Waals surface area contributed by atoms with Crippen molar-refractivity contribution in [3.63, 3.8) is 0 Å². The van der Waals surface area contributed by atoms with Crippen molar-refractivity contribution in [3.05, 3.63) is 18.1 Å². The first kappa shape index (κ1) is 20.9. The van der Waals surface area contributed by atoms with Crippen LogP contribution in [-0.4, -0.2) is 55.4 Å². The lowest BCUT2D eigenvalue weighted by atomic mass is 10.0. The number of hydrogen-bond donors (Lipinski definition) is 1. The number of halogens is 1. The zero-order valence-electron chi connectivity index (χ0n) is 17.4. The van der Waals surface area contributed by atoms with E-state index in [0.717, 1.165) is 25.7 Å². The van der Waals surface area contributed by atoms with Crippen molar-refractivity contribution in [3.8, 4) is 0 Å². The summed E-state index contributed by atoms with van der Waals surface area (Å²) in [5.41, 5.74) is 0.255. The zero-order valence-corrected chi connectivity index (χ0v) is 18.2. The summed E-state index contributed by atoms with van der Waals surface area (Å²) < 4.78 is 20.2. The van der Waals surface area contributed by atoms with Gasteiger partial charge in [-0.05, 0) is 46.5 Å². The Morgan fingerprint density at radius 3 is 2.70 bits per heavy atom. The average molecular weight is 436 g/mol. The summed E-state index contributed by atoms with van der Waals surface area (Å²) in [6.45, 7) is 6.62. The standard InChI is InChI=1S/C20H26FN5O3S/c1-20(2,3)29-19(28)25-8-4-5-13(9-25)24-17-15-14(16(27)12-6-7-12)10-26(30-21)18(15)23-11-22-17/h10-13H,4-9H2,1-3H3,(H,22,23,24). The molecule has 0 bridgehead atoms. The highest BCUT2D eigenvalue weighted by atomic mass is 32.2. The van der Waals surface area contributed by atoms with Gasteiger partial charge in [0.25, 0.3) is 0 Å². The summed E-state index contributed by atoms with van der Waals surface area (Å²) in [5, 5.41) is 3.90. The molecule has 1 aliphatic heterocycles. The third kappa shape index (κ3) is 4.38. The number of ether oxygens (including phenoxy) is 1. The number of anilines is 1. The Morgan fingerprint density at radius 1 is 1.27 bits per heavy atom. The molecule has 1 unspecified atom stereocenters. The molecule has 2 aromatic heterocycles. The number of hydrogen-bond acceptors (Lipinski definition) is 7. The van der Waals surface area contributed by atoms with E-state index in [-0.39, 0.29) is 36.2 Å². The van der Waals surface area contributed by atoms with Crippen LogP contribution in [0.2, 0.25) is 0 Å². The Labute approximate surface area is 179 Å². The average Bonchev–Trinajstić information content (AvgIpc) is 3.47. The fourth-order valence-electron chi connectivity index (χ4n) is 3.73. The first-order chi connectivity index (χ1) is 14.3. The van der Waals surface area contributed by atoms with Crippen LogP contribution in [0.5, 0.6) is 0 Å². The van der Waals surface area contributed by atoms with Crippen LogP contribution in [0, 0.1) is 5.92 Å². The van der Waals surface area contributed by atoms with Crippen molar-refractivity contribution in [2.75, 3.05) is 18.4 Å². The predicted octanol–water partition coefficient (Wildman–Crippen LogP) is 4.22. The van der Waals surface area contributed by atoms with Crippen LogP contribution in [0.25, 0.3) is 11.0 Å². The fourth-order valence-corrected chi connectivity index (χ4v) is 4.08. The molecule has 1 amide bonds. The number of rotatable bonds is 5. The molecule has 1 saturated carbocycles. The molecule has 0 aromatic carbocycles. The number of ketones is 1. The maximum atomic E-state index is 13.4. The van der Waals surface area contributed by atoms with Crippen LogP contribution >= 0.6 is 12.3 Å². The van der Waals surface area contributed by atoms with E-state index in [9.17, 15) is 13.5 Å². The molecule has 2 fully saturated rings. The number of aromatic nitrogens is 3. The van der Waals surface area contributed by atoms with E-state index >= 15 is 0 Å². The first-order valence-electron chi connectivity index (χ1n) is 10.2. The van der Waals surface area contributed by atoms with E-state index in [1.54, 1.807) is 4.90 Å². The highest BCUT2D eigenvalue weighted by Crippen LogP contribution is 2.37. The van der Waals surface area contributed by atoms with Gasteiger partial charge in [-0.2, -0.15) is 0 Å². The maximum Gasteiger partial charge on any atom is 0.410 e. The van der Waals surface area contributed by atoms with Gasteiger partial charge in [0.05, 0.1) is 5.39 Å². The molecule has 1 aliphatic carbocycles. The number of carbonyl (C=O) groups excluding carboxylic acids is 2. The molecule has 3 heterocycles. The summed E-state index contributed by atoms with van der Waals surface area (Å²) in [6, 6.07) is -0.0605. The van der Waals surface area contributed by atoms with Gasteiger partial charge in [-0.1, -0.05) is 0 Å². The van der Waals surface area contributed by atoms with Gasteiger partial charge in [-0.25, -0.2) is 18.7 Å². The topological polar surface area (TPSA) is 89.3 Å². The van der Waals surface area contributed by atoms with Crippen LogP contribution in [0.4, 0.5) is 14.5 Å². The van der Waals surface area contributed by atoms with E-state index in [1.807, 2.05) is 20.8 Å². The van der Waals surface area contributed by atoms with Gasteiger partial charge in [0.2, 0.25) is 0 Å². The van der Waals surface area contributed by atoms with E-state index < -0.39 is 5.60 Å². The summed E-state index contributed by atoms with van der Waals surface area (Å²) >= 11 is 0.00993. The summed E-state index contributed by atoms with van der Waals surface area (Å²) in [5.74, 6) is 0.497. The Balaban J connectivity index is 1.58. The number of likely N-dealkylation sites (tertiary alicyclic amines) is 1. The van der Waals surface area contributed by atoms with Crippen LogP contribution in [0.3, 0.4) is 0 Å². The SMILES string of the molecule is CC(C)(C)OC(=O)N1CCCC(Nc2ncnc3c2c(C(=O)C2CC2)cn3SF)C1. The van der Waals surface area contributed by atoms with Crippen molar-refractivity contribution >= 4 is 41.1 Å². The van der Waals surface area contributed by atoms with Crippen LogP contribution in [-0.2, 0) is 4.74 Å². The monoisotopic (exact) mass is 435 g/mol. The van der Waals surface area contributed by atoms with Gasteiger partial charge in [-0.3, -0.25) is 4.79 Å². The molecule has 4 rings (SSSR count). The Morgan fingerprint density at radius 2 is 2.03 bits per heavy atom. The smallest absolute Gasteiger partial charge is 0.410 e. The van der Waals surface area contributed by atoms with Crippen molar-refractivity contribution in [1.29, 1.82) is 0 Å². The van der Waals surface area contributed by atoms with Gasteiger partial charge in [0.1, 0.15) is 17.7 Å². The second kappa shape index (κ2) is 8.05. The normalized spacial score (nSPS) is 19.7. The second-order valence-electron chi connectivity index (χ2n) is 8.91. The van der Waals surface area contributed by atoms with Crippen LogP contribution in [0.1, 0.15) is 56.8 Å². The van der Waals surface area contributed by atoms with Crippen molar-refractivity contribution in [2.24, 2.45) is 5.92 Å². The number of Topliss-reactive ketones (excluding diaryl/α,β-unsaturated/α-hetero) is 1. The summed E-state index contributed by atoms with van der Waals surface area (Å²) in [4.78, 5) is 35.4. The molecule has 0 radical (unpaired) electrons. The van der Waals surface area contributed by atoms with Gasteiger partial charge >= 0.3 is 6.09 Å². The maximum absolute atomic E-state index is 13.4. The van der Waals surface area contributed by atoms with Crippen molar-refractivity contribution in [2.45, 2.75) is 58.1 Å². The number of nitrogens with zero attached hydrogens (tertiary/aromatic N) is 4. The Hall–Kier alpha value is -2.36. The molecule has 2 aliphatic rings. The molecule has 1 N–H and O–H groups in total. The number of piperidine rings is 1. The molecule has 0 spiro atoms. The van der Waals surface area contributed by atoms with Crippen LogP contribution < -0.4 is 5.32 Å². The fraction of sp³-hybridized carbons (Fsp3) is 0.600. The van der Waals surface area contributed by atoms with Crippen LogP contribution in [0.15, 0.2) is 12.5 Å². The molecule has 8 nitrogen and oxygen atoms in total. The van der Waals surface area contributed by atoms with E-state index in [0.29, 0.717) is 35.5 Å². The number of nitrogens with one attached hydrogen (secondary N) is 1. The lowest BCUT2D eigenvalue weighted by Gasteiger charge is -2.34. The number of carbonyl (C=O) groups is 2. The van der Waals surface area contributed by atoms with Crippen molar-refractivity contribution < 1.29 is 18.2 Å². The second-order valence-corrected chi connectivity index (χ2v) is 9.44. The van der Waals surface area contributed by atoms with Crippen molar-refractivity contribution in [1.82, 2.24) is 18.8 Å². The molecular weight excluding hydrogens is 409 g/mol. The molecule has 10 heteroatoms. The van der Waals surface area contributed by atoms with E-state index in [1.165, 1.54) is 16.5 Å². The summed E-state index contributed by atoms with van der Waals surface area (Å²) in [7, 11) is 0. The number of fused-ring (bicyclic) bond motifs is 1. The zero-order chi connectivity index (χ0) is 21.5. The number of amides is 1. The van der Waals surface area contributed by atoms with Gasteiger partial charge in [0.15, 0.2) is 23.8 Å². The Kier molecular flexibility index (Phi) is 5.61. The molecule has 1 atom stereocenters. The molecule has 162 valence electrons. The quantitative estimate of drug-likeness (QED) is 0.704. The predicted molar refractivity (Wildman–Crippen MR) is 113 cm³/mol. The minimum absolute atomic E-state index is 0.000872. The molecular formula is C20H26FN5O3S. The lowest BCUT2D eigenvalue weighted by molar-refractivity contribution is 0.0206. The highest BCUT2D eigenvalue weighted by Gasteiger charge is 2.34. The molecule has 1 saturated heterocycles. The molecule has 2 aromatic rings. The van der Waals surface area contributed by atoms with E-state index in [4.69, 9.17) is 4.74 Å². The van der Waals surface area contributed by atoms with Gasteiger partial charge in [-0.15, -0.1) is 3.89 Å². The molecule has 30 heavy (non-hydrogen) atoms. The van der Waals surface area contributed by atoms with Gasteiger partial charge < -0.3 is 15.0 Å². The lowest BCUT2D eigenvalue weighted by Crippen LogP contribution is -2.47. The summed E-state index contributed by atoms with van der Waals surface area (Å²) in [6.07, 6.45) is 5.90.